The van der Waals surface area contributed by atoms with Crippen molar-refractivity contribution in [3.05, 3.63) is 29.8 Å². The molecular weight excluding hydrogens is 272 g/mol. The summed E-state index contributed by atoms with van der Waals surface area (Å²) >= 11 is 0. The van der Waals surface area contributed by atoms with Gasteiger partial charge >= 0.3 is 0 Å². The van der Waals surface area contributed by atoms with Gasteiger partial charge in [-0.05, 0) is 43.7 Å². The van der Waals surface area contributed by atoms with Crippen LogP contribution in [0, 0.1) is 0 Å². The van der Waals surface area contributed by atoms with Crippen molar-refractivity contribution in [3.8, 4) is 5.75 Å². The number of carbonyl (C=O) groups excluding carboxylic acids is 1. The van der Waals surface area contributed by atoms with E-state index in [2.05, 4.69) is 10.5 Å². The minimum absolute atomic E-state index is 0.119. The van der Waals surface area contributed by atoms with E-state index in [0.29, 0.717) is 19.8 Å². The fourth-order valence-corrected chi connectivity index (χ4v) is 1.99. The molecule has 1 heterocycles. The Bertz CT molecular complexity index is 493. The Kier molecular flexibility index (Phi) is 5.30. The van der Waals surface area contributed by atoms with Gasteiger partial charge in [0.15, 0.2) is 5.79 Å². The molecule has 1 aromatic rings. The van der Waals surface area contributed by atoms with Crippen LogP contribution in [0.15, 0.2) is 29.4 Å². The highest BCUT2D eigenvalue weighted by Crippen LogP contribution is 2.22. The van der Waals surface area contributed by atoms with Crippen molar-refractivity contribution in [2.45, 2.75) is 26.1 Å². The Labute approximate surface area is 124 Å². The predicted octanol–water partition coefficient (Wildman–Crippen LogP) is 1.69. The van der Waals surface area contributed by atoms with E-state index in [1.165, 1.54) is 0 Å². The Morgan fingerprint density at radius 3 is 2.67 bits per heavy atom. The Morgan fingerprint density at radius 2 is 2.05 bits per heavy atom. The zero-order valence-corrected chi connectivity index (χ0v) is 12.3. The van der Waals surface area contributed by atoms with Gasteiger partial charge in [0.05, 0.1) is 32.5 Å². The fraction of sp³-hybridized carbons (Fsp3) is 0.467. The van der Waals surface area contributed by atoms with Gasteiger partial charge in [-0.2, -0.15) is 5.10 Å². The quantitative estimate of drug-likeness (QED) is 0.640. The van der Waals surface area contributed by atoms with Gasteiger partial charge < -0.3 is 14.2 Å². The highest BCUT2D eigenvalue weighted by Gasteiger charge is 2.33. The summed E-state index contributed by atoms with van der Waals surface area (Å²) in [5.41, 5.74) is 3.34. The zero-order chi connectivity index (χ0) is 15.1. The Morgan fingerprint density at radius 1 is 1.38 bits per heavy atom. The van der Waals surface area contributed by atoms with Gasteiger partial charge in [0.2, 0.25) is 5.91 Å². The molecule has 6 heteroatoms. The summed E-state index contributed by atoms with van der Waals surface area (Å²) in [7, 11) is 0. The molecule has 0 radical (unpaired) electrons. The second-order valence-electron chi connectivity index (χ2n) is 4.80. The standard InChI is InChI=1S/C15H20N2O4/c1-3-19-13-6-4-12(5-7-13)11-16-17-14(18)10-15(2)20-8-9-21-15/h4-7,11H,3,8-10H2,1-2H3,(H,17,18)/b16-11-. The lowest BCUT2D eigenvalue weighted by atomic mass is 10.2. The van der Waals surface area contributed by atoms with Gasteiger partial charge in [0.25, 0.3) is 0 Å². The normalized spacial score (nSPS) is 17.0. The van der Waals surface area contributed by atoms with Gasteiger partial charge in [0, 0.05) is 0 Å². The van der Waals surface area contributed by atoms with Crippen molar-refractivity contribution >= 4 is 12.1 Å². The number of nitrogens with one attached hydrogen (secondary N) is 1. The minimum atomic E-state index is -0.835. The van der Waals surface area contributed by atoms with E-state index >= 15 is 0 Å². The number of hydrogen-bond donors (Lipinski definition) is 1. The first-order valence-corrected chi connectivity index (χ1v) is 6.94. The van der Waals surface area contributed by atoms with Crippen LogP contribution in [-0.4, -0.2) is 37.7 Å². The number of hydrogen-bond acceptors (Lipinski definition) is 5. The summed E-state index contributed by atoms with van der Waals surface area (Å²) in [5.74, 6) is -0.276. The molecule has 21 heavy (non-hydrogen) atoms. The lowest BCUT2D eigenvalue weighted by molar-refractivity contribution is -0.159. The third kappa shape index (κ3) is 4.84. The van der Waals surface area contributed by atoms with Crippen LogP contribution in [-0.2, 0) is 14.3 Å². The molecule has 114 valence electrons. The molecule has 1 fully saturated rings. The molecule has 0 bridgehead atoms. The molecule has 0 atom stereocenters. The summed E-state index contributed by atoms with van der Waals surface area (Å²) in [4.78, 5) is 11.7. The maximum absolute atomic E-state index is 11.7. The van der Waals surface area contributed by atoms with Crippen LogP contribution in [0.5, 0.6) is 5.75 Å². The minimum Gasteiger partial charge on any atom is -0.494 e. The third-order valence-corrected chi connectivity index (χ3v) is 2.97. The van der Waals surface area contributed by atoms with Crippen LogP contribution in [0.2, 0.25) is 0 Å². The van der Waals surface area contributed by atoms with E-state index in [4.69, 9.17) is 14.2 Å². The molecule has 6 nitrogen and oxygen atoms in total. The molecule has 0 saturated carbocycles. The van der Waals surface area contributed by atoms with Crippen LogP contribution in [0.1, 0.15) is 25.8 Å². The SMILES string of the molecule is CCOc1ccc(/C=N\NC(=O)CC2(C)OCCO2)cc1. The van der Waals surface area contributed by atoms with E-state index in [0.717, 1.165) is 11.3 Å². The average molecular weight is 292 g/mol. The van der Waals surface area contributed by atoms with Crippen molar-refractivity contribution in [3.63, 3.8) is 0 Å². The van der Waals surface area contributed by atoms with Crippen LogP contribution >= 0.6 is 0 Å². The van der Waals surface area contributed by atoms with Crippen molar-refractivity contribution in [1.82, 2.24) is 5.43 Å². The summed E-state index contributed by atoms with van der Waals surface area (Å²) in [6.07, 6.45) is 1.69. The Hall–Kier alpha value is -1.92. The van der Waals surface area contributed by atoms with Gasteiger partial charge in [-0.1, -0.05) is 0 Å². The third-order valence-electron chi connectivity index (χ3n) is 2.97. The average Bonchev–Trinajstić information content (AvgIpc) is 2.87. The van der Waals surface area contributed by atoms with E-state index in [-0.39, 0.29) is 12.3 Å². The molecule has 0 aromatic heterocycles. The van der Waals surface area contributed by atoms with E-state index in [1.54, 1.807) is 13.1 Å². The second-order valence-corrected chi connectivity index (χ2v) is 4.80. The molecular formula is C15H20N2O4. The number of benzene rings is 1. The van der Waals surface area contributed by atoms with Gasteiger partial charge in [0.1, 0.15) is 5.75 Å². The van der Waals surface area contributed by atoms with Crippen LogP contribution in [0.3, 0.4) is 0 Å². The zero-order valence-electron chi connectivity index (χ0n) is 12.3. The molecule has 1 saturated heterocycles. The lowest BCUT2D eigenvalue weighted by Gasteiger charge is -2.20. The molecule has 0 aliphatic carbocycles. The van der Waals surface area contributed by atoms with E-state index < -0.39 is 5.79 Å². The van der Waals surface area contributed by atoms with Crippen molar-refractivity contribution in [2.75, 3.05) is 19.8 Å². The van der Waals surface area contributed by atoms with Crippen LogP contribution in [0.4, 0.5) is 0 Å². The smallest absolute Gasteiger partial charge is 0.245 e. The first-order valence-electron chi connectivity index (χ1n) is 6.94. The lowest BCUT2D eigenvalue weighted by Crippen LogP contribution is -2.33. The summed E-state index contributed by atoms with van der Waals surface area (Å²) < 4.78 is 16.1. The number of ether oxygens (including phenoxy) is 3. The molecule has 1 amide bonds. The summed E-state index contributed by atoms with van der Waals surface area (Å²) in [5, 5.41) is 3.91. The van der Waals surface area contributed by atoms with E-state index in [9.17, 15) is 4.79 Å². The first kappa shape index (κ1) is 15.5. The molecule has 2 rings (SSSR count). The van der Waals surface area contributed by atoms with Crippen molar-refractivity contribution in [2.24, 2.45) is 5.10 Å². The maximum Gasteiger partial charge on any atom is 0.245 e. The van der Waals surface area contributed by atoms with Crippen molar-refractivity contribution < 1.29 is 19.0 Å². The monoisotopic (exact) mass is 292 g/mol. The number of hydrazone groups is 1. The first-order chi connectivity index (χ1) is 10.1. The highest BCUT2D eigenvalue weighted by atomic mass is 16.7. The largest absolute Gasteiger partial charge is 0.494 e. The van der Waals surface area contributed by atoms with Gasteiger partial charge in [-0.3, -0.25) is 4.79 Å². The number of rotatable bonds is 6. The Balaban J connectivity index is 1.80. The number of carbonyl (C=O) groups is 1. The van der Waals surface area contributed by atoms with Crippen LogP contribution in [0.25, 0.3) is 0 Å². The number of amides is 1. The maximum atomic E-state index is 11.7. The summed E-state index contributed by atoms with van der Waals surface area (Å²) in [6, 6.07) is 7.44. The molecule has 0 spiro atoms. The fourth-order valence-electron chi connectivity index (χ4n) is 1.99. The van der Waals surface area contributed by atoms with E-state index in [1.807, 2.05) is 31.2 Å². The van der Waals surface area contributed by atoms with Gasteiger partial charge in [-0.25, -0.2) is 5.43 Å². The molecule has 1 aliphatic rings. The topological polar surface area (TPSA) is 69.2 Å². The molecule has 0 unspecified atom stereocenters. The second kappa shape index (κ2) is 7.19. The highest BCUT2D eigenvalue weighted by molar-refractivity contribution is 5.82. The predicted molar refractivity (Wildman–Crippen MR) is 78.3 cm³/mol. The van der Waals surface area contributed by atoms with Crippen molar-refractivity contribution in [1.29, 1.82) is 0 Å². The molecule has 1 N–H and O–H groups in total. The van der Waals surface area contributed by atoms with Gasteiger partial charge in [-0.15, -0.1) is 0 Å². The van der Waals surface area contributed by atoms with Crippen LogP contribution < -0.4 is 10.2 Å². The molecule has 1 aromatic carbocycles. The summed E-state index contributed by atoms with van der Waals surface area (Å²) in [6.45, 7) is 5.34. The molecule has 1 aliphatic heterocycles. The number of nitrogens with zero attached hydrogens (tertiary/aromatic N) is 1.